The summed E-state index contributed by atoms with van der Waals surface area (Å²) < 4.78 is 12.3. The van der Waals surface area contributed by atoms with Gasteiger partial charge >= 0.3 is 0 Å². The minimum absolute atomic E-state index is 0.146. The molecule has 0 atom stereocenters. The summed E-state index contributed by atoms with van der Waals surface area (Å²) in [5.74, 6) is -0.146. The van der Waals surface area contributed by atoms with E-state index in [1.54, 1.807) is 0 Å². The number of nitrogens with zero attached hydrogens (tertiary/aromatic N) is 2. The second-order valence-corrected chi connectivity index (χ2v) is 8.39. The monoisotopic (exact) mass is 390 g/mol. The molecule has 1 spiro atoms. The lowest BCUT2D eigenvalue weighted by molar-refractivity contribution is -0.117. The summed E-state index contributed by atoms with van der Waals surface area (Å²) in [6, 6.07) is 13.2. The molecule has 0 aliphatic carbocycles. The van der Waals surface area contributed by atoms with Crippen molar-refractivity contribution in [3.8, 4) is 0 Å². The number of hydrogen-bond donors (Lipinski definition) is 0. The molecule has 5 heteroatoms. The maximum Gasteiger partial charge on any atom is 0.295 e. The van der Waals surface area contributed by atoms with E-state index in [4.69, 9.17) is 9.47 Å². The summed E-state index contributed by atoms with van der Waals surface area (Å²) in [5, 5.41) is 0. The highest BCUT2D eigenvalue weighted by atomic mass is 16.5. The van der Waals surface area contributed by atoms with Gasteiger partial charge < -0.3 is 14.4 Å². The van der Waals surface area contributed by atoms with Crippen molar-refractivity contribution < 1.29 is 14.3 Å². The normalized spacial score (nSPS) is 22.2. The molecule has 150 valence electrons. The minimum Gasteiger partial charge on any atom is -0.460 e. The van der Waals surface area contributed by atoms with Gasteiger partial charge in [-0.3, -0.25) is 4.79 Å². The molecule has 1 saturated heterocycles. The maximum atomic E-state index is 12.5. The first-order valence-electron chi connectivity index (χ1n) is 10.3. The zero-order valence-electron chi connectivity index (χ0n) is 17.0. The smallest absolute Gasteiger partial charge is 0.295 e. The molecule has 3 heterocycles. The van der Waals surface area contributed by atoms with Gasteiger partial charge in [0, 0.05) is 13.1 Å². The van der Waals surface area contributed by atoms with Crippen LogP contribution in [0.5, 0.6) is 0 Å². The SMILES string of the molecule is Cc1cc2c(cc1C)CC(=O)/N=C(/N1CCC3(CC1)OCc1ccccc13)OC2. The van der Waals surface area contributed by atoms with Crippen LogP contribution in [-0.2, 0) is 39.5 Å². The molecule has 1 amide bonds. The first kappa shape index (κ1) is 18.4. The summed E-state index contributed by atoms with van der Waals surface area (Å²) in [7, 11) is 0. The Morgan fingerprint density at radius 2 is 1.69 bits per heavy atom. The van der Waals surface area contributed by atoms with E-state index in [0.29, 0.717) is 25.7 Å². The highest BCUT2D eigenvalue weighted by Gasteiger charge is 2.43. The van der Waals surface area contributed by atoms with Gasteiger partial charge in [0.15, 0.2) is 0 Å². The van der Waals surface area contributed by atoms with E-state index in [1.165, 1.54) is 22.3 Å². The van der Waals surface area contributed by atoms with Crippen molar-refractivity contribution in [1.29, 1.82) is 0 Å². The van der Waals surface area contributed by atoms with E-state index in [1.807, 2.05) is 0 Å². The molecule has 0 N–H and O–H groups in total. The number of fused-ring (bicyclic) bond motifs is 3. The average Bonchev–Trinajstić information content (AvgIpc) is 3.06. The zero-order chi connectivity index (χ0) is 20.0. The van der Waals surface area contributed by atoms with Gasteiger partial charge in [-0.25, -0.2) is 0 Å². The Labute approximate surface area is 171 Å². The lowest BCUT2D eigenvalue weighted by atomic mass is 9.84. The molecule has 0 radical (unpaired) electrons. The van der Waals surface area contributed by atoms with Crippen molar-refractivity contribution >= 4 is 11.9 Å². The Morgan fingerprint density at radius 1 is 0.966 bits per heavy atom. The van der Waals surface area contributed by atoms with E-state index in [-0.39, 0.29) is 11.5 Å². The number of benzene rings is 2. The standard InChI is InChI=1S/C24H26N2O3/c1-16-11-19-13-22(27)25-23(28-14-20(19)12-17(16)2)26-9-7-24(8-10-26)21-6-4-3-5-18(21)15-29-24/h3-6,11-12H,7-10,13-15H2,1-2H3/b25-23-. The number of hydrogen-bond acceptors (Lipinski definition) is 4. The summed E-state index contributed by atoms with van der Waals surface area (Å²) in [6.45, 7) is 6.82. The van der Waals surface area contributed by atoms with Gasteiger partial charge in [-0.05, 0) is 60.1 Å². The van der Waals surface area contributed by atoms with Crippen molar-refractivity contribution in [1.82, 2.24) is 4.90 Å². The molecule has 29 heavy (non-hydrogen) atoms. The first-order valence-corrected chi connectivity index (χ1v) is 10.3. The molecular formula is C24H26N2O3. The Balaban J connectivity index is 1.33. The largest absolute Gasteiger partial charge is 0.460 e. The van der Waals surface area contributed by atoms with Crippen LogP contribution in [0.3, 0.4) is 0 Å². The number of aliphatic imine (C=N–C) groups is 1. The molecule has 3 aliphatic heterocycles. The number of amidine groups is 1. The molecule has 0 bridgehead atoms. The van der Waals surface area contributed by atoms with Crippen molar-refractivity contribution in [3.63, 3.8) is 0 Å². The number of ether oxygens (including phenoxy) is 2. The van der Waals surface area contributed by atoms with Gasteiger partial charge in [-0.1, -0.05) is 36.4 Å². The maximum absolute atomic E-state index is 12.5. The van der Waals surface area contributed by atoms with Crippen LogP contribution in [0.15, 0.2) is 41.4 Å². The third-order valence-corrected chi connectivity index (χ3v) is 6.59. The van der Waals surface area contributed by atoms with E-state index in [9.17, 15) is 4.79 Å². The van der Waals surface area contributed by atoms with E-state index < -0.39 is 0 Å². The molecule has 3 aliphatic rings. The third kappa shape index (κ3) is 3.23. The van der Waals surface area contributed by atoms with Crippen LogP contribution < -0.4 is 0 Å². The Hall–Kier alpha value is -2.66. The summed E-state index contributed by atoms with van der Waals surface area (Å²) in [5.41, 5.74) is 6.91. The molecule has 0 saturated carbocycles. The van der Waals surface area contributed by atoms with Gasteiger partial charge in [0.25, 0.3) is 11.9 Å². The quantitative estimate of drug-likeness (QED) is 0.687. The Kier molecular flexibility index (Phi) is 4.43. The molecule has 2 aromatic rings. The van der Waals surface area contributed by atoms with Crippen molar-refractivity contribution in [2.24, 2.45) is 4.99 Å². The van der Waals surface area contributed by atoms with Gasteiger partial charge in [0.05, 0.1) is 18.6 Å². The van der Waals surface area contributed by atoms with Crippen molar-refractivity contribution in [2.75, 3.05) is 13.1 Å². The number of piperidine rings is 1. The van der Waals surface area contributed by atoms with Crippen LogP contribution in [0.2, 0.25) is 0 Å². The number of rotatable bonds is 0. The minimum atomic E-state index is -0.208. The summed E-state index contributed by atoms with van der Waals surface area (Å²) in [6.07, 6.45) is 2.07. The van der Waals surface area contributed by atoms with Crippen LogP contribution in [0, 0.1) is 13.8 Å². The fourth-order valence-electron chi connectivity index (χ4n) is 4.74. The molecule has 1 fully saturated rings. The number of amides is 1. The fourth-order valence-corrected chi connectivity index (χ4v) is 4.74. The van der Waals surface area contributed by atoms with E-state index in [2.05, 4.69) is 60.1 Å². The van der Waals surface area contributed by atoms with Gasteiger partial charge in [-0.15, -0.1) is 0 Å². The van der Waals surface area contributed by atoms with Crippen molar-refractivity contribution in [2.45, 2.75) is 51.9 Å². The number of carbonyl (C=O) groups is 1. The van der Waals surface area contributed by atoms with Crippen molar-refractivity contribution in [3.05, 3.63) is 69.8 Å². The lowest BCUT2D eigenvalue weighted by Gasteiger charge is -2.40. The van der Waals surface area contributed by atoms with Gasteiger partial charge in [0.2, 0.25) is 0 Å². The number of aryl methyl sites for hydroxylation is 2. The number of carbonyl (C=O) groups excluding carboxylic acids is 1. The first-order chi connectivity index (χ1) is 14.0. The highest BCUT2D eigenvalue weighted by Crippen LogP contribution is 2.44. The number of likely N-dealkylation sites (tertiary alicyclic amines) is 1. The molecule has 5 rings (SSSR count). The predicted octanol–water partition coefficient (Wildman–Crippen LogP) is 3.78. The zero-order valence-corrected chi connectivity index (χ0v) is 17.0. The van der Waals surface area contributed by atoms with Crippen LogP contribution in [0.1, 0.15) is 46.2 Å². The molecular weight excluding hydrogens is 364 g/mol. The van der Waals surface area contributed by atoms with E-state index >= 15 is 0 Å². The Morgan fingerprint density at radius 3 is 2.48 bits per heavy atom. The third-order valence-electron chi connectivity index (χ3n) is 6.59. The second-order valence-electron chi connectivity index (χ2n) is 8.39. The van der Waals surface area contributed by atoms with E-state index in [0.717, 1.165) is 37.1 Å². The molecule has 5 nitrogen and oxygen atoms in total. The highest BCUT2D eigenvalue weighted by molar-refractivity contribution is 5.92. The average molecular weight is 390 g/mol. The van der Waals surface area contributed by atoms with Crippen LogP contribution in [0.4, 0.5) is 0 Å². The summed E-state index contributed by atoms with van der Waals surface area (Å²) >= 11 is 0. The Bertz CT molecular complexity index is 1000. The van der Waals surface area contributed by atoms with Crippen LogP contribution in [-0.4, -0.2) is 29.9 Å². The van der Waals surface area contributed by atoms with Gasteiger partial charge in [0.1, 0.15) is 6.61 Å². The summed E-state index contributed by atoms with van der Waals surface area (Å²) in [4.78, 5) is 18.9. The second kappa shape index (κ2) is 6.99. The molecule has 0 aromatic heterocycles. The van der Waals surface area contributed by atoms with Crippen LogP contribution in [0.25, 0.3) is 0 Å². The van der Waals surface area contributed by atoms with Gasteiger partial charge in [-0.2, -0.15) is 4.99 Å². The topological polar surface area (TPSA) is 51.1 Å². The molecule has 2 aromatic carbocycles. The van der Waals surface area contributed by atoms with Crippen LogP contribution >= 0.6 is 0 Å². The fraction of sp³-hybridized carbons (Fsp3) is 0.417. The lowest BCUT2D eigenvalue weighted by Crippen LogP contribution is -2.46. The predicted molar refractivity (Wildman–Crippen MR) is 111 cm³/mol. The molecule has 0 unspecified atom stereocenters.